The van der Waals surface area contributed by atoms with E-state index in [0.717, 1.165) is 0 Å². The van der Waals surface area contributed by atoms with E-state index in [1.807, 2.05) is 6.92 Å². The third-order valence-corrected chi connectivity index (χ3v) is 4.35. The van der Waals surface area contributed by atoms with Crippen LogP contribution in [0.3, 0.4) is 0 Å². The van der Waals surface area contributed by atoms with E-state index in [1.165, 1.54) is 6.07 Å². The number of anilines is 1. The second kappa shape index (κ2) is 5.32. The van der Waals surface area contributed by atoms with Crippen LogP contribution in [0.15, 0.2) is 18.2 Å². The maximum atomic E-state index is 12.4. The minimum Gasteiger partial charge on any atom is -0.481 e. The molecule has 1 amide bonds. The number of benzene rings is 1. The van der Waals surface area contributed by atoms with Gasteiger partial charge in [0.25, 0.3) is 5.91 Å². The second-order valence-corrected chi connectivity index (χ2v) is 5.56. The summed E-state index contributed by atoms with van der Waals surface area (Å²) in [5.74, 6) is -1.05. The van der Waals surface area contributed by atoms with Crippen molar-refractivity contribution in [1.82, 2.24) is 4.90 Å². The van der Waals surface area contributed by atoms with Crippen LogP contribution >= 0.6 is 11.6 Å². The molecule has 1 atom stereocenters. The number of likely N-dealkylation sites (tertiary alicyclic amines) is 1. The fourth-order valence-corrected chi connectivity index (χ4v) is 2.68. The molecule has 1 aromatic rings. The molecule has 0 saturated carbocycles. The fourth-order valence-electron chi connectivity index (χ4n) is 2.50. The fraction of sp³-hybridized carbons (Fsp3) is 0.429. The van der Waals surface area contributed by atoms with Gasteiger partial charge in [0.15, 0.2) is 0 Å². The number of carboxylic acids is 1. The van der Waals surface area contributed by atoms with Gasteiger partial charge in [-0.25, -0.2) is 0 Å². The van der Waals surface area contributed by atoms with Gasteiger partial charge in [0.2, 0.25) is 0 Å². The van der Waals surface area contributed by atoms with E-state index in [4.69, 9.17) is 17.3 Å². The summed E-state index contributed by atoms with van der Waals surface area (Å²) in [5.41, 5.74) is 5.63. The normalized spacial score (nSPS) is 22.0. The molecule has 0 aromatic heterocycles. The van der Waals surface area contributed by atoms with Crippen molar-refractivity contribution in [2.24, 2.45) is 5.41 Å². The first kappa shape index (κ1) is 14.7. The maximum absolute atomic E-state index is 12.4. The molecule has 1 aromatic carbocycles. The highest BCUT2D eigenvalue weighted by molar-refractivity contribution is 6.33. The first-order chi connectivity index (χ1) is 9.39. The van der Waals surface area contributed by atoms with Crippen LogP contribution in [0.5, 0.6) is 0 Å². The predicted molar refractivity (Wildman–Crippen MR) is 76.7 cm³/mol. The van der Waals surface area contributed by atoms with Gasteiger partial charge in [-0.2, -0.15) is 0 Å². The number of nitrogens with two attached hydrogens (primary N) is 1. The first-order valence-electron chi connectivity index (χ1n) is 6.47. The highest BCUT2D eigenvalue weighted by atomic mass is 35.5. The van der Waals surface area contributed by atoms with Crippen molar-refractivity contribution < 1.29 is 14.7 Å². The molecule has 3 N–H and O–H groups in total. The van der Waals surface area contributed by atoms with Gasteiger partial charge in [-0.15, -0.1) is 0 Å². The lowest BCUT2D eigenvalue weighted by atomic mass is 9.84. The predicted octanol–water partition coefficient (Wildman–Crippen LogP) is 2.25. The number of nitrogen functional groups attached to an aromatic ring is 1. The molecular weight excluding hydrogens is 280 g/mol. The SMILES string of the molecule is CCC1(C(=O)O)CCN(C(=O)c2ccc(N)c(Cl)c2)C1. The number of hydrogen-bond acceptors (Lipinski definition) is 3. The molecule has 1 fully saturated rings. The molecule has 1 unspecified atom stereocenters. The molecular formula is C14H17ClN2O3. The first-order valence-corrected chi connectivity index (χ1v) is 6.85. The number of amides is 1. The number of halogens is 1. The molecule has 1 saturated heterocycles. The summed E-state index contributed by atoms with van der Waals surface area (Å²) in [6.07, 6.45) is 0.988. The van der Waals surface area contributed by atoms with Crippen molar-refractivity contribution in [3.05, 3.63) is 28.8 Å². The molecule has 6 heteroatoms. The third-order valence-electron chi connectivity index (χ3n) is 4.02. The van der Waals surface area contributed by atoms with E-state index >= 15 is 0 Å². The summed E-state index contributed by atoms with van der Waals surface area (Å²) in [5, 5.41) is 9.67. The van der Waals surface area contributed by atoms with Gasteiger partial charge in [-0.3, -0.25) is 9.59 Å². The summed E-state index contributed by atoms with van der Waals surface area (Å²) >= 11 is 5.91. The van der Waals surface area contributed by atoms with Crippen molar-refractivity contribution >= 4 is 29.2 Å². The van der Waals surface area contributed by atoms with Crippen LogP contribution in [0.4, 0.5) is 5.69 Å². The van der Waals surface area contributed by atoms with Crippen LogP contribution < -0.4 is 5.73 Å². The summed E-state index contributed by atoms with van der Waals surface area (Å²) < 4.78 is 0. The van der Waals surface area contributed by atoms with Gasteiger partial charge >= 0.3 is 5.97 Å². The molecule has 0 bridgehead atoms. The molecule has 1 aliphatic heterocycles. The van der Waals surface area contributed by atoms with Crippen LogP contribution in [-0.4, -0.2) is 35.0 Å². The highest BCUT2D eigenvalue weighted by Crippen LogP contribution is 2.35. The molecule has 1 aliphatic rings. The van der Waals surface area contributed by atoms with Crippen molar-refractivity contribution in [2.75, 3.05) is 18.8 Å². The van der Waals surface area contributed by atoms with Crippen LogP contribution in [0.2, 0.25) is 5.02 Å². The Labute approximate surface area is 122 Å². The zero-order valence-corrected chi connectivity index (χ0v) is 12.0. The minimum absolute atomic E-state index is 0.205. The van der Waals surface area contributed by atoms with Gasteiger partial charge in [-0.05, 0) is 31.0 Å². The van der Waals surface area contributed by atoms with Crippen molar-refractivity contribution in [1.29, 1.82) is 0 Å². The Balaban J connectivity index is 2.19. The Morgan fingerprint density at radius 1 is 1.50 bits per heavy atom. The zero-order valence-electron chi connectivity index (χ0n) is 11.2. The average Bonchev–Trinajstić information content (AvgIpc) is 2.87. The molecule has 20 heavy (non-hydrogen) atoms. The summed E-state index contributed by atoms with van der Waals surface area (Å²) in [6.45, 7) is 2.52. The molecule has 108 valence electrons. The number of aliphatic carboxylic acids is 1. The Morgan fingerprint density at radius 2 is 2.20 bits per heavy atom. The van der Waals surface area contributed by atoms with E-state index in [9.17, 15) is 14.7 Å². The lowest BCUT2D eigenvalue weighted by molar-refractivity contribution is -0.148. The summed E-state index contributed by atoms with van der Waals surface area (Å²) in [4.78, 5) is 25.3. The summed E-state index contributed by atoms with van der Waals surface area (Å²) in [6, 6.07) is 4.71. The second-order valence-electron chi connectivity index (χ2n) is 5.15. The standard InChI is InChI=1S/C14H17ClN2O3/c1-2-14(13(19)20)5-6-17(8-14)12(18)9-3-4-11(16)10(15)7-9/h3-4,7H,2,5-6,8,16H2,1H3,(H,19,20). The van der Waals surface area contributed by atoms with E-state index < -0.39 is 11.4 Å². The third kappa shape index (κ3) is 2.45. The van der Waals surface area contributed by atoms with Crippen LogP contribution in [0.25, 0.3) is 0 Å². The van der Waals surface area contributed by atoms with Crippen molar-refractivity contribution in [3.8, 4) is 0 Å². The van der Waals surface area contributed by atoms with Crippen LogP contribution in [0.1, 0.15) is 30.1 Å². The average molecular weight is 297 g/mol. The van der Waals surface area contributed by atoms with Crippen LogP contribution in [-0.2, 0) is 4.79 Å². The number of rotatable bonds is 3. The zero-order chi connectivity index (χ0) is 14.9. The van der Waals surface area contributed by atoms with Gasteiger partial charge in [-0.1, -0.05) is 18.5 Å². The monoisotopic (exact) mass is 296 g/mol. The van der Waals surface area contributed by atoms with E-state index in [1.54, 1.807) is 17.0 Å². The quantitative estimate of drug-likeness (QED) is 0.838. The van der Waals surface area contributed by atoms with E-state index in [-0.39, 0.29) is 12.5 Å². The number of carbonyl (C=O) groups excluding carboxylic acids is 1. The Morgan fingerprint density at radius 3 is 2.70 bits per heavy atom. The number of carboxylic acid groups (broad SMARTS) is 1. The van der Waals surface area contributed by atoms with Crippen molar-refractivity contribution in [3.63, 3.8) is 0 Å². The smallest absolute Gasteiger partial charge is 0.311 e. The Bertz CT molecular complexity index is 561. The van der Waals surface area contributed by atoms with Crippen molar-refractivity contribution in [2.45, 2.75) is 19.8 Å². The van der Waals surface area contributed by atoms with Gasteiger partial charge in [0.05, 0.1) is 16.1 Å². The summed E-state index contributed by atoms with van der Waals surface area (Å²) in [7, 11) is 0. The molecule has 0 spiro atoms. The number of carbonyl (C=O) groups is 2. The molecule has 0 radical (unpaired) electrons. The molecule has 1 heterocycles. The molecule has 2 rings (SSSR count). The highest BCUT2D eigenvalue weighted by Gasteiger charge is 2.44. The number of hydrogen-bond donors (Lipinski definition) is 2. The maximum Gasteiger partial charge on any atom is 0.311 e. The Hall–Kier alpha value is -1.75. The van der Waals surface area contributed by atoms with Crippen LogP contribution in [0, 0.1) is 5.41 Å². The van der Waals surface area contributed by atoms with Gasteiger partial charge < -0.3 is 15.7 Å². The minimum atomic E-state index is -0.842. The molecule has 0 aliphatic carbocycles. The number of nitrogens with zero attached hydrogens (tertiary/aromatic N) is 1. The topological polar surface area (TPSA) is 83.6 Å². The Kier molecular flexibility index (Phi) is 3.90. The van der Waals surface area contributed by atoms with Gasteiger partial charge in [0, 0.05) is 18.7 Å². The molecule has 5 nitrogen and oxygen atoms in total. The lowest BCUT2D eigenvalue weighted by Crippen LogP contribution is -2.36. The largest absolute Gasteiger partial charge is 0.481 e. The van der Waals surface area contributed by atoms with E-state index in [2.05, 4.69) is 0 Å². The lowest BCUT2D eigenvalue weighted by Gasteiger charge is -2.23. The van der Waals surface area contributed by atoms with E-state index in [0.29, 0.717) is 35.7 Å². The van der Waals surface area contributed by atoms with Gasteiger partial charge in [0.1, 0.15) is 0 Å².